The molecular formula is C13H28N2O3. The Morgan fingerprint density at radius 1 is 1.33 bits per heavy atom. The van der Waals surface area contributed by atoms with Crippen molar-refractivity contribution >= 4 is 5.91 Å². The molecule has 0 saturated carbocycles. The van der Waals surface area contributed by atoms with Gasteiger partial charge in [-0.2, -0.15) is 0 Å². The summed E-state index contributed by atoms with van der Waals surface area (Å²) in [7, 11) is 3.65. The second kappa shape index (κ2) is 11.4. The van der Waals surface area contributed by atoms with Crippen LogP contribution in [-0.4, -0.2) is 63.9 Å². The molecule has 0 aliphatic rings. The van der Waals surface area contributed by atoms with E-state index in [1.54, 1.807) is 7.11 Å². The molecule has 0 aliphatic heterocycles. The fraction of sp³-hybridized carbons (Fsp3) is 0.923. The maximum absolute atomic E-state index is 11.8. The van der Waals surface area contributed by atoms with Gasteiger partial charge in [0.1, 0.15) is 0 Å². The summed E-state index contributed by atoms with van der Waals surface area (Å²) < 4.78 is 10.2. The molecule has 1 atom stereocenters. The number of nitrogens with one attached hydrogen (secondary N) is 1. The second-order valence-electron chi connectivity index (χ2n) is 4.34. The molecule has 0 radical (unpaired) electrons. The summed E-state index contributed by atoms with van der Waals surface area (Å²) in [4.78, 5) is 13.9. The molecule has 18 heavy (non-hydrogen) atoms. The van der Waals surface area contributed by atoms with Gasteiger partial charge in [0.2, 0.25) is 5.91 Å². The summed E-state index contributed by atoms with van der Waals surface area (Å²) in [6.45, 7) is 7.59. The number of rotatable bonds is 11. The van der Waals surface area contributed by atoms with E-state index in [4.69, 9.17) is 9.47 Å². The van der Waals surface area contributed by atoms with Crippen molar-refractivity contribution < 1.29 is 14.3 Å². The molecule has 0 saturated heterocycles. The van der Waals surface area contributed by atoms with Crippen LogP contribution < -0.4 is 5.32 Å². The van der Waals surface area contributed by atoms with E-state index in [-0.39, 0.29) is 11.9 Å². The Balaban J connectivity index is 3.66. The summed E-state index contributed by atoms with van der Waals surface area (Å²) in [6.07, 6.45) is 1.80. The molecule has 108 valence electrons. The van der Waals surface area contributed by atoms with Crippen LogP contribution in [0.2, 0.25) is 0 Å². The Hall–Kier alpha value is -0.650. The molecular weight excluding hydrogens is 232 g/mol. The van der Waals surface area contributed by atoms with E-state index in [1.807, 2.05) is 25.8 Å². The number of hydrogen-bond acceptors (Lipinski definition) is 4. The minimum absolute atomic E-state index is 0.0754. The molecule has 0 rings (SSSR count). The van der Waals surface area contributed by atoms with Crippen LogP contribution in [0.1, 0.15) is 26.7 Å². The lowest BCUT2D eigenvalue weighted by Gasteiger charge is -2.23. The highest BCUT2D eigenvalue weighted by Gasteiger charge is 2.16. The zero-order chi connectivity index (χ0) is 13.8. The molecule has 0 aromatic carbocycles. The third-order valence-corrected chi connectivity index (χ3v) is 2.87. The molecule has 1 N–H and O–H groups in total. The van der Waals surface area contributed by atoms with E-state index < -0.39 is 0 Å². The molecule has 0 aromatic heterocycles. The monoisotopic (exact) mass is 260 g/mol. The van der Waals surface area contributed by atoms with Gasteiger partial charge in [-0.3, -0.25) is 9.69 Å². The van der Waals surface area contributed by atoms with Gasteiger partial charge in [0, 0.05) is 40.0 Å². The van der Waals surface area contributed by atoms with Crippen LogP contribution in [-0.2, 0) is 14.3 Å². The highest BCUT2D eigenvalue weighted by Crippen LogP contribution is 1.97. The van der Waals surface area contributed by atoms with Crippen LogP contribution in [0, 0.1) is 0 Å². The van der Waals surface area contributed by atoms with Crippen molar-refractivity contribution in [3.05, 3.63) is 0 Å². The largest absolute Gasteiger partial charge is 0.385 e. The molecule has 0 heterocycles. The number of likely N-dealkylation sites (N-methyl/N-ethyl adjacent to an activating group) is 1. The summed E-state index contributed by atoms with van der Waals surface area (Å²) in [5, 5.41) is 2.92. The number of ether oxygens (including phenoxy) is 2. The predicted octanol–water partition coefficient (Wildman–Crippen LogP) is 0.886. The summed E-state index contributed by atoms with van der Waals surface area (Å²) in [5.41, 5.74) is 0. The van der Waals surface area contributed by atoms with Gasteiger partial charge >= 0.3 is 0 Å². The van der Waals surface area contributed by atoms with E-state index in [2.05, 4.69) is 5.32 Å². The number of hydrogen-bond donors (Lipinski definition) is 1. The van der Waals surface area contributed by atoms with Gasteiger partial charge < -0.3 is 14.8 Å². The van der Waals surface area contributed by atoms with Crippen molar-refractivity contribution in [3.63, 3.8) is 0 Å². The van der Waals surface area contributed by atoms with Gasteiger partial charge in [0.15, 0.2) is 0 Å². The van der Waals surface area contributed by atoms with Crippen LogP contribution in [0.15, 0.2) is 0 Å². The van der Waals surface area contributed by atoms with Crippen LogP contribution >= 0.6 is 0 Å². The average Bonchev–Trinajstić information content (AvgIpc) is 2.37. The fourth-order valence-corrected chi connectivity index (χ4v) is 1.53. The van der Waals surface area contributed by atoms with Gasteiger partial charge in [-0.1, -0.05) is 0 Å². The minimum Gasteiger partial charge on any atom is -0.385 e. The second-order valence-corrected chi connectivity index (χ2v) is 4.34. The smallest absolute Gasteiger partial charge is 0.237 e. The Bertz CT molecular complexity index is 212. The Morgan fingerprint density at radius 2 is 2.06 bits per heavy atom. The third-order valence-electron chi connectivity index (χ3n) is 2.87. The van der Waals surface area contributed by atoms with Gasteiger partial charge in [-0.05, 0) is 33.7 Å². The lowest BCUT2D eigenvalue weighted by molar-refractivity contribution is -0.125. The van der Waals surface area contributed by atoms with Crippen molar-refractivity contribution in [1.29, 1.82) is 0 Å². The van der Waals surface area contributed by atoms with Crippen LogP contribution in [0.3, 0.4) is 0 Å². The maximum atomic E-state index is 11.8. The SMILES string of the molecule is CCOCCCNC(=O)C(C)N(C)CCCOC. The first-order chi connectivity index (χ1) is 8.63. The molecule has 0 spiro atoms. The van der Waals surface area contributed by atoms with E-state index in [9.17, 15) is 4.79 Å². The zero-order valence-electron chi connectivity index (χ0n) is 12.2. The van der Waals surface area contributed by atoms with Crippen molar-refractivity contribution in [2.75, 3.05) is 47.1 Å². The molecule has 0 bridgehead atoms. The Morgan fingerprint density at radius 3 is 2.67 bits per heavy atom. The van der Waals surface area contributed by atoms with Crippen LogP contribution in [0.25, 0.3) is 0 Å². The average molecular weight is 260 g/mol. The molecule has 1 amide bonds. The summed E-state index contributed by atoms with van der Waals surface area (Å²) >= 11 is 0. The maximum Gasteiger partial charge on any atom is 0.237 e. The fourth-order valence-electron chi connectivity index (χ4n) is 1.53. The normalized spacial score (nSPS) is 12.7. The van der Waals surface area contributed by atoms with E-state index in [1.165, 1.54) is 0 Å². The molecule has 5 nitrogen and oxygen atoms in total. The first kappa shape index (κ1) is 17.4. The Labute approximate surface area is 111 Å². The lowest BCUT2D eigenvalue weighted by Crippen LogP contribution is -2.44. The molecule has 5 heteroatoms. The molecule has 1 unspecified atom stereocenters. The summed E-state index contributed by atoms with van der Waals surface area (Å²) in [5.74, 6) is 0.0754. The topological polar surface area (TPSA) is 50.8 Å². The molecule has 0 aromatic rings. The van der Waals surface area contributed by atoms with Gasteiger partial charge in [-0.25, -0.2) is 0 Å². The van der Waals surface area contributed by atoms with E-state index in [0.717, 1.165) is 32.6 Å². The predicted molar refractivity (Wildman–Crippen MR) is 72.7 cm³/mol. The number of carbonyl (C=O) groups is 1. The first-order valence-corrected chi connectivity index (χ1v) is 6.68. The van der Waals surface area contributed by atoms with E-state index in [0.29, 0.717) is 13.2 Å². The third kappa shape index (κ3) is 8.44. The first-order valence-electron chi connectivity index (χ1n) is 6.68. The van der Waals surface area contributed by atoms with Crippen LogP contribution in [0.5, 0.6) is 0 Å². The highest BCUT2D eigenvalue weighted by atomic mass is 16.5. The lowest BCUT2D eigenvalue weighted by atomic mass is 10.2. The number of methoxy groups -OCH3 is 1. The number of carbonyl (C=O) groups excluding carboxylic acids is 1. The van der Waals surface area contributed by atoms with E-state index >= 15 is 0 Å². The van der Waals surface area contributed by atoms with Crippen molar-refractivity contribution in [2.24, 2.45) is 0 Å². The number of nitrogens with zero attached hydrogens (tertiary/aromatic N) is 1. The van der Waals surface area contributed by atoms with Crippen molar-refractivity contribution in [2.45, 2.75) is 32.7 Å². The zero-order valence-corrected chi connectivity index (χ0v) is 12.2. The molecule has 0 fully saturated rings. The van der Waals surface area contributed by atoms with Crippen molar-refractivity contribution in [1.82, 2.24) is 10.2 Å². The van der Waals surface area contributed by atoms with Gasteiger partial charge in [0.05, 0.1) is 6.04 Å². The Kier molecular flexibility index (Phi) is 11.0. The van der Waals surface area contributed by atoms with Gasteiger partial charge in [0.25, 0.3) is 0 Å². The summed E-state index contributed by atoms with van der Waals surface area (Å²) in [6, 6.07) is -0.103. The van der Waals surface area contributed by atoms with Crippen LogP contribution in [0.4, 0.5) is 0 Å². The molecule has 0 aliphatic carbocycles. The highest BCUT2D eigenvalue weighted by molar-refractivity contribution is 5.81. The number of amides is 1. The quantitative estimate of drug-likeness (QED) is 0.560. The minimum atomic E-state index is -0.103. The van der Waals surface area contributed by atoms with Crippen molar-refractivity contribution in [3.8, 4) is 0 Å². The standard InChI is InChI=1S/C13H28N2O3/c1-5-18-11-6-8-14-13(16)12(2)15(3)9-7-10-17-4/h12H,5-11H2,1-4H3,(H,14,16). The van der Waals surface area contributed by atoms with Gasteiger partial charge in [-0.15, -0.1) is 0 Å².